The number of carbonyl (C=O) groups is 1. The lowest BCUT2D eigenvalue weighted by molar-refractivity contribution is -0.145. The third kappa shape index (κ3) is 3.23. The molecule has 132 valence electrons. The van der Waals surface area contributed by atoms with Crippen LogP contribution in [0.2, 0.25) is 5.02 Å². The highest BCUT2D eigenvalue weighted by molar-refractivity contribution is 6.31. The number of aromatic nitrogens is 1. The minimum atomic E-state index is -2.85. The first-order valence-electron chi connectivity index (χ1n) is 7.85. The molecule has 1 aromatic carbocycles. The van der Waals surface area contributed by atoms with E-state index in [0.29, 0.717) is 18.5 Å². The van der Waals surface area contributed by atoms with Crippen molar-refractivity contribution in [2.24, 2.45) is 0 Å². The van der Waals surface area contributed by atoms with Crippen molar-refractivity contribution in [3.05, 3.63) is 52.1 Å². The third-order valence-corrected chi connectivity index (χ3v) is 4.55. The van der Waals surface area contributed by atoms with Gasteiger partial charge in [0.1, 0.15) is 5.82 Å². The number of carbonyl (C=O) groups excluding carboxylic acids is 1. The minimum Gasteiger partial charge on any atom is -0.465 e. The minimum absolute atomic E-state index is 0.221. The monoisotopic (exact) mass is 369 g/mol. The van der Waals surface area contributed by atoms with Crippen LogP contribution in [-0.2, 0) is 16.0 Å². The van der Waals surface area contributed by atoms with E-state index in [4.69, 9.17) is 16.3 Å². The second-order valence-corrected chi connectivity index (χ2v) is 6.15. The number of aryl methyl sites for hydroxylation is 1. The molecule has 0 fully saturated rings. The lowest BCUT2D eigenvalue weighted by atomic mass is 9.98. The summed E-state index contributed by atoms with van der Waals surface area (Å²) >= 11 is 5.76. The van der Waals surface area contributed by atoms with Crippen LogP contribution in [-0.4, -0.2) is 17.6 Å². The Balaban J connectivity index is 2.05. The van der Waals surface area contributed by atoms with Gasteiger partial charge in [-0.3, -0.25) is 9.78 Å². The molecular formula is C18H15ClF3NO2. The maximum absolute atomic E-state index is 14.4. The van der Waals surface area contributed by atoms with E-state index in [0.717, 1.165) is 17.7 Å². The fourth-order valence-corrected chi connectivity index (χ4v) is 3.28. The first-order chi connectivity index (χ1) is 11.9. The number of rotatable bonds is 4. The number of alkyl halides is 2. The highest BCUT2D eigenvalue weighted by Crippen LogP contribution is 2.39. The molecule has 0 spiro atoms. The molecule has 1 atom stereocenters. The molecule has 2 aromatic rings. The quantitative estimate of drug-likeness (QED) is 0.706. The molecule has 1 aliphatic rings. The molecule has 0 amide bonds. The summed E-state index contributed by atoms with van der Waals surface area (Å²) in [5, 5.41) is -0.232. The summed E-state index contributed by atoms with van der Waals surface area (Å²) in [6.45, 7) is 1.99. The smallest absolute Gasteiger partial charge is 0.315 e. The molecule has 1 aromatic heterocycles. The van der Waals surface area contributed by atoms with Crippen molar-refractivity contribution in [1.82, 2.24) is 4.98 Å². The van der Waals surface area contributed by atoms with Gasteiger partial charge in [-0.2, -0.15) is 0 Å². The lowest BCUT2D eigenvalue weighted by Gasteiger charge is -2.13. The predicted octanol–water partition coefficient (Wildman–Crippen LogP) is 5.07. The largest absolute Gasteiger partial charge is 0.465 e. The number of hydrogen-bond acceptors (Lipinski definition) is 3. The molecule has 25 heavy (non-hydrogen) atoms. The van der Waals surface area contributed by atoms with Gasteiger partial charge in [0, 0.05) is 22.9 Å². The molecule has 3 rings (SSSR count). The van der Waals surface area contributed by atoms with Crippen LogP contribution in [0.15, 0.2) is 24.4 Å². The molecular weight excluding hydrogens is 355 g/mol. The van der Waals surface area contributed by atoms with E-state index in [2.05, 4.69) is 4.98 Å². The maximum atomic E-state index is 14.4. The van der Waals surface area contributed by atoms with Gasteiger partial charge in [0.25, 0.3) is 6.43 Å². The topological polar surface area (TPSA) is 39.2 Å². The van der Waals surface area contributed by atoms with Crippen LogP contribution in [0.1, 0.15) is 42.5 Å². The Bertz CT molecular complexity index is 826. The molecule has 0 N–H and O–H groups in total. The number of benzene rings is 1. The van der Waals surface area contributed by atoms with Crippen molar-refractivity contribution in [2.45, 2.75) is 32.1 Å². The summed E-state index contributed by atoms with van der Waals surface area (Å²) < 4.78 is 45.9. The fourth-order valence-electron chi connectivity index (χ4n) is 3.12. The number of ether oxygens (including phenoxy) is 1. The SMILES string of the molecule is CCOC(=O)C1CCc2cc(-c3c(C(F)F)ccc(Cl)c3F)cnc21. The Hall–Kier alpha value is -2.08. The highest BCUT2D eigenvalue weighted by atomic mass is 35.5. The van der Waals surface area contributed by atoms with Crippen molar-refractivity contribution >= 4 is 17.6 Å². The van der Waals surface area contributed by atoms with Gasteiger partial charge in [0.2, 0.25) is 0 Å². The van der Waals surface area contributed by atoms with E-state index in [-0.39, 0.29) is 28.7 Å². The van der Waals surface area contributed by atoms with Crippen LogP contribution in [0.25, 0.3) is 11.1 Å². The van der Waals surface area contributed by atoms with Crippen LogP contribution in [0.3, 0.4) is 0 Å². The van der Waals surface area contributed by atoms with Crippen molar-refractivity contribution in [2.75, 3.05) is 6.61 Å². The van der Waals surface area contributed by atoms with Gasteiger partial charge >= 0.3 is 5.97 Å². The van der Waals surface area contributed by atoms with Crippen molar-refractivity contribution in [3.8, 4) is 11.1 Å². The molecule has 0 aliphatic heterocycles. The van der Waals surface area contributed by atoms with Crippen LogP contribution in [0.5, 0.6) is 0 Å². The fraction of sp³-hybridized carbons (Fsp3) is 0.333. The first kappa shape index (κ1) is 17.7. The third-order valence-electron chi connectivity index (χ3n) is 4.26. The van der Waals surface area contributed by atoms with Crippen LogP contribution < -0.4 is 0 Å². The normalized spacial score (nSPS) is 16.2. The Morgan fingerprint density at radius 3 is 2.88 bits per heavy atom. The number of nitrogens with zero attached hydrogens (tertiary/aromatic N) is 1. The second-order valence-electron chi connectivity index (χ2n) is 5.74. The average Bonchev–Trinajstić information content (AvgIpc) is 3.00. The van der Waals surface area contributed by atoms with Gasteiger partial charge in [0.05, 0.1) is 23.2 Å². The van der Waals surface area contributed by atoms with Crippen molar-refractivity contribution in [1.29, 1.82) is 0 Å². The van der Waals surface area contributed by atoms with E-state index in [9.17, 15) is 18.0 Å². The van der Waals surface area contributed by atoms with Gasteiger partial charge in [0.15, 0.2) is 0 Å². The molecule has 0 saturated carbocycles. The number of fused-ring (bicyclic) bond motifs is 1. The Morgan fingerprint density at radius 2 is 2.20 bits per heavy atom. The number of pyridine rings is 1. The Labute approximate surface area is 147 Å². The van der Waals surface area contributed by atoms with Crippen LogP contribution in [0.4, 0.5) is 13.2 Å². The summed E-state index contributed by atoms with van der Waals surface area (Å²) in [4.78, 5) is 16.2. The molecule has 7 heteroatoms. The Morgan fingerprint density at radius 1 is 1.44 bits per heavy atom. The van der Waals surface area contributed by atoms with Gasteiger partial charge < -0.3 is 4.74 Å². The Kier molecular flexibility index (Phi) is 4.99. The first-order valence-corrected chi connectivity index (χ1v) is 8.23. The maximum Gasteiger partial charge on any atom is 0.315 e. The average molecular weight is 370 g/mol. The summed E-state index contributed by atoms with van der Waals surface area (Å²) in [5.41, 5.74) is 0.818. The molecule has 1 heterocycles. The standard InChI is InChI=1S/C18H15ClF3NO2/c1-2-25-18(24)12-4-3-9-7-10(8-23-16(9)12)14-11(17(21)22)5-6-13(19)15(14)20/h5-8,12,17H,2-4H2,1H3. The summed E-state index contributed by atoms with van der Waals surface area (Å²) in [7, 11) is 0. The van der Waals surface area contributed by atoms with E-state index >= 15 is 0 Å². The molecule has 3 nitrogen and oxygen atoms in total. The van der Waals surface area contributed by atoms with E-state index in [1.807, 2.05) is 0 Å². The second kappa shape index (κ2) is 7.04. The van der Waals surface area contributed by atoms with Crippen LogP contribution in [0, 0.1) is 5.82 Å². The molecule has 1 aliphatic carbocycles. The van der Waals surface area contributed by atoms with Crippen LogP contribution >= 0.6 is 11.6 Å². The van der Waals surface area contributed by atoms with Gasteiger partial charge in [-0.25, -0.2) is 13.2 Å². The zero-order valence-electron chi connectivity index (χ0n) is 13.4. The van der Waals surface area contributed by atoms with Gasteiger partial charge in [-0.15, -0.1) is 0 Å². The van der Waals surface area contributed by atoms with E-state index in [1.54, 1.807) is 13.0 Å². The van der Waals surface area contributed by atoms with E-state index < -0.39 is 23.7 Å². The predicted molar refractivity (Wildman–Crippen MR) is 87.3 cm³/mol. The molecule has 0 saturated heterocycles. The highest BCUT2D eigenvalue weighted by Gasteiger charge is 2.32. The number of esters is 1. The van der Waals surface area contributed by atoms with Crippen molar-refractivity contribution < 1.29 is 22.7 Å². The molecule has 0 bridgehead atoms. The lowest BCUT2D eigenvalue weighted by Crippen LogP contribution is -2.14. The zero-order valence-corrected chi connectivity index (χ0v) is 14.1. The summed E-state index contributed by atoms with van der Waals surface area (Å²) in [6.07, 6.45) is -0.463. The summed E-state index contributed by atoms with van der Waals surface area (Å²) in [5.74, 6) is -1.73. The van der Waals surface area contributed by atoms with Gasteiger partial charge in [-0.1, -0.05) is 17.7 Å². The van der Waals surface area contributed by atoms with E-state index in [1.165, 1.54) is 6.20 Å². The van der Waals surface area contributed by atoms with Gasteiger partial charge in [-0.05, 0) is 37.5 Å². The summed E-state index contributed by atoms with van der Waals surface area (Å²) in [6, 6.07) is 3.82. The molecule has 1 unspecified atom stereocenters. The zero-order chi connectivity index (χ0) is 18.1. The molecule has 0 radical (unpaired) electrons. The van der Waals surface area contributed by atoms with Crippen molar-refractivity contribution in [3.63, 3.8) is 0 Å². The number of hydrogen-bond donors (Lipinski definition) is 0. The number of halogens is 4.